The first-order valence-corrected chi connectivity index (χ1v) is 7.07. The Morgan fingerprint density at radius 2 is 1.65 bits per heavy atom. The molecule has 92 valence electrons. The average molecular weight is 228 g/mol. The van der Waals surface area contributed by atoms with Gasteiger partial charge in [0.1, 0.15) is 0 Å². The Labute approximate surface area is 106 Å². The van der Waals surface area contributed by atoms with Crippen LogP contribution in [0.1, 0.15) is 49.7 Å². The summed E-state index contributed by atoms with van der Waals surface area (Å²) in [5, 5.41) is 0. The van der Waals surface area contributed by atoms with E-state index in [2.05, 4.69) is 30.8 Å². The predicted molar refractivity (Wildman–Crippen MR) is 75.2 cm³/mol. The first-order valence-electron chi connectivity index (χ1n) is 7.07. The smallest absolute Gasteiger partial charge is 0.0100 e. The van der Waals surface area contributed by atoms with Gasteiger partial charge in [-0.15, -0.1) is 6.58 Å². The summed E-state index contributed by atoms with van der Waals surface area (Å²) in [5.74, 6) is 0.997. The molecule has 0 spiro atoms. The number of aryl methyl sites for hydroxylation is 1. The van der Waals surface area contributed by atoms with Crippen molar-refractivity contribution in [1.82, 2.24) is 0 Å². The molecule has 2 rings (SSSR count). The Balaban J connectivity index is 1.79. The molecule has 1 saturated carbocycles. The van der Waals surface area contributed by atoms with Crippen LogP contribution < -0.4 is 0 Å². The molecule has 1 aliphatic rings. The third-order valence-electron chi connectivity index (χ3n) is 3.97. The summed E-state index contributed by atoms with van der Waals surface area (Å²) in [6.07, 6.45) is 12.9. The lowest BCUT2D eigenvalue weighted by Gasteiger charge is -2.21. The van der Waals surface area contributed by atoms with E-state index in [0.717, 1.165) is 12.3 Å². The van der Waals surface area contributed by atoms with Crippen LogP contribution in [0.5, 0.6) is 0 Å². The summed E-state index contributed by atoms with van der Waals surface area (Å²) in [4.78, 5) is 0. The molecule has 0 aromatic heterocycles. The third kappa shape index (κ3) is 4.03. The fourth-order valence-electron chi connectivity index (χ4n) is 2.86. The molecule has 0 unspecified atom stereocenters. The van der Waals surface area contributed by atoms with Crippen LogP contribution in [0.25, 0.3) is 0 Å². The molecule has 0 aliphatic heterocycles. The van der Waals surface area contributed by atoms with E-state index < -0.39 is 0 Å². The van der Waals surface area contributed by atoms with Gasteiger partial charge in [0.2, 0.25) is 0 Å². The van der Waals surface area contributed by atoms with Crippen LogP contribution in [0, 0.1) is 5.92 Å². The van der Waals surface area contributed by atoms with Gasteiger partial charge in [0.25, 0.3) is 0 Å². The summed E-state index contributed by atoms with van der Waals surface area (Å²) in [6.45, 7) is 3.78. The fourth-order valence-corrected chi connectivity index (χ4v) is 2.86. The molecule has 1 fully saturated rings. The molecule has 0 nitrogen and oxygen atoms in total. The van der Waals surface area contributed by atoms with Gasteiger partial charge in [0.05, 0.1) is 0 Å². The second-order valence-corrected chi connectivity index (χ2v) is 5.35. The van der Waals surface area contributed by atoms with E-state index in [0.29, 0.717) is 0 Å². The number of hydrogen-bond donors (Lipinski definition) is 0. The van der Waals surface area contributed by atoms with E-state index in [9.17, 15) is 0 Å². The van der Waals surface area contributed by atoms with Crippen molar-refractivity contribution in [2.24, 2.45) is 5.92 Å². The van der Waals surface area contributed by atoms with Crippen molar-refractivity contribution in [1.29, 1.82) is 0 Å². The van der Waals surface area contributed by atoms with Crippen molar-refractivity contribution in [3.05, 3.63) is 48.0 Å². The highest BCUT2D eigenvalue weighted by Crippen LogP contribution is 2.27. The standard InChI is InChI=1S/C17H24/c1-2-6-15-9-12-17(13-10-15)14-11-16-7-4-3-5-8-16/h2,9-10,12-13,16H,1,3-8,11,14H2. The molecule has 0 N–H and O–H groups in total. The lowest BCUT2D eigenvalue weighted by molar-refractivity contribution is 0.339. The maximum absolute atomic E-state index is 3.78. The zero-order valence-corrected chi connectivity index (χ0v) is 10.8. The quantitative estimate of drug-likeness (QED) is 0.627. The van der Waals surface area contributed by atoms with Gasteiger partial charge in [-0.2, -0.15) is 0 Å². The first-order chi connectivity index (χ1) is 8.38. The monoisotopic (exact) mass is 228 g/mol. The third-order valence-corrected chi connectivity index (χ3v) is 3.97. The summed E-state index contributed by atoms with van der Waals surface area (Å²) in [7, 11) is 0. The van der Waals surface area contributed by atoms with Crippen LogP contribution in [0.15, 0.2) is 36.9 Å². The highest BCUT2D eigenvalue weighted by molar-refractivity contribution is 5.24. The van der Waals surface area contributed by atoms with E-state index in [1.165, 1.54) is 56.1 Å². The van der Waals surface area contributed by atoms with Crippen LogP contribution in [-0.4, -0.2) is 0 Å². The van der Waals surface area contributed by atoms with Crippen molar-refractivity contribution in [3.8, 4) is 0 Å². The minimum atomic E-state index is 0.989. The summed E-state index contributed by atoms with van der Waals surface area (Å²) in [6, 6.07) is 9.08. The van der Waals surface area contributed by atoms with Crippen molar-refractivity contribution in [2.75, 3.05) is 0 Å². The van der Waals surface area contributed by atoms with Gasteiger partial charge in [-0.25, -0.2) is 0 Å². The normalized spacial score (nSPS) is 16.9. The molecule has 0 saturated heterocycles. The second-order valence-electron chi connectivity index (χ2n) is 5.35. The predicted octanol–water partition coefficient (Wildman–Crippen LogP) is 4.93. The summed E-state index contributed by atoms with van der Waals surface area (Å²) >= 11 is 0. The lowest BCUT2D eigenvalue weighted by atomic mass is 9.85. The maximum Gasteiger partial charge on any atom is -0.0100 e. The molecule has 1 aromatic carbocycles. The van der Waals surface area contributed by atoms with Crippen LogP contribution >= 0.6 is 0 Å². The lowest BCUT2D eigenvalue weighted by Crippen LogP contribution is -2.07. The van der Waals surface area contributed by atoms with Crippen LogP contribution in [0.2, 0.25) is 0 Å². The van der Waals surface area contributed by atoms with Crippen molar-refractivity contribution in [2.45, 2.75) is 51.4 Å². The van der Waals surface area contributed by atoms with Crippen LogP contribution in [-0.2, 0) is 12.8 Å². The summed E-state index contributed by atoms with van der Waals surface area (Å²) in [5.41, 5.74) is 2.88. The van der Waals surface area contributed by atoms with Crippen LogP contribution in [0.4, 0.5) is 0 Å². The molecule has 1 aromatic rings. The molecule has 17 heavy (non-hydrogen) atoms. The maximum atomic E-state index is 3.78. The zero-order valence-electron chi connectivity index (χ0n) is 10.8. The van der Waals surface area contributed by atoms with E-state index in [4.69, 9.17) is 0 Å². The van der Waals surface area contributed by atoms with Gasteiger partial charge in [0.15, 0.2) is 0 Å². The summed E-state index contributed by atoms with van der Waals surface area (Å²) < 4.78 is 0. The van der Waals surface area contributed by atoms with Gasteiger partial charge in [-0.1, -0.05) is 62.4 Å². The van der Waals surface area contributed by atoms with Crippen LogP contribution in [0.3, 0.4) is 0 Å². The molecular weight excluding hydrogens is 204 g/mol. The Morgan fingerprint density at radius 3 is 2.29 bits per heavy atom. The Bertz CT molecular complexity index is 328. The van der Waals surface area contributed by atoms with Gasteiger partial charge >= 0.3 is 0 Å². The molecular formula is C17H24. The largest absolute Gasteiger partial charge is 0.103 e. The van der Waals surface area contributed by atoms with Gasteiger partial charge in [-0.05, 0) is 36.3 Å². The molecule has 0 heteroatoms. The SMILES string of the molecule is C=CCc1ccc(CCC2CCCCC2)cc1. The fraction of sp³-hybridized carbons (Fsp3) is 0.529. The second kappa shape index (κ2) is 6.64. The number of benzene rings is 1. The van der Waals surface area contributed by atoms with E-state index in [1.807, 2.05) is 6.08 Å². The molecule has 0 amide bonds. The van der Waals surface area contributed by atoms with Crippen molar-refractivity contribution >= 4 is 0 Å². The molecule has 0 radical (unpaired) electrons. The van der Waals surface area contributed by atoms with Gasteiger partial charge in [-0.3, -0.25) is 0 Å². The molecule has 0 bridgehead atoms. The average Bonchev–Trinajstić information content (AvgIpc) is 2.40. The number of rotatable bonds is 5. The van der Waals surface area contributed by atoms with E-state index in [-0.39, 0.29) is 0 Å². The highest BCUT2D eigenvalue weighted by atomic mass is 14.2. The Kier molecular flexibility index (Phi) is 4.85. The topological polar surface area (TPSA) is 0 Å². The first kappa shape index (κ1) is 12.4. The van der Waals surface area contributed by atoms with Crippen molar-refractivity contribution < 1.29 is 0 Å². The zero-order chi connectivity index (χ0) is 11.9. The van der Waals surface area contributed by atoms with Gasteiger partial charge < -0.3 is 0 Å². The van der Waals surface area contributed by atoms with E-state index in [1.54, 1.807) is 0 Å². The van der Waals surface area contributed by atoms with E-state index >= 15 is 0 Å². The molecule has 0 atom stereocenters. The minimum absolute atomic E-state index is 0.989. The number of hydrogen-bond acceptors (Lipinski definition) is 0. The number of allylic oxidation sites excluding steroid dienone is 1. The molecule has 1 aliphatic carbocycles. The van der Waals surface area contributed by atoms with Gasteiger partial charge in [0, 0.05) is 0 Å². The van der Waals surface area contributed by atoms with Crippen molar-refractivity contribution in [3.63, 3.8) is 0 Å². The minimum Gasteiger partial charge on any atom is -0.103 e. The Morgan fingerprint density at radius 1 is 1.00 bits per heavy atom. The molecule has 0 heterocycles. The highest BCUT2D eigenvalue weighted by Gasteiger charge is 2.12. The Hall–Kier alpha value is -1.04.